The lowest BCUT2D eigenvalue weighted by Crippen LogP contribution is -2.46. The van der Waals surface area contributed by atoms with Crippen LogP contribution in [0.15, 0.2) is 12.2 Å². The van der Waals surface area contributed by atoms with Crippen LogP contribution >= 0.6 is 0 Å². The predicted octanol–water partition coefficient (Wildman–Crippen LogP) is 0.730. The largest absolute Gasteiger partial charge is 0.310 e. The Balaban J connectivity index is 2.52. The highest BCUT2D eigenvalue weighted by molar-refractivity contribution is 5.02. The maximum absolute atomic E-state index is 5.67. The molecule has 0 heterocycles. The molecule has 0 aromatic heterocycles. The number of allylic oxidation sites excluding steroid dienone is 1. The highest BCUT2D eigenvalue weighted by Gasteiger charge is 2.14. The van der Waals surface area contributed by atoms with Crippen LogP contribution in [0.3, 0.4) is 0 Å². The maximum Gasteiger partial charge on any atom is 0.0828 e. The molecular formula is C7H14N2. The first-order valence-corrected chi connectivity index (χ1v) is 3.46. The Morgan fingerprint density at radius 2 is 2.00 bits per heavy atom. The molecule has 4 N–H and O–H groups in total. The molecule has 0 radical (unpaired) electrons. The number of rotatable bonds is 0. The van der Waals surface area contributed by atoms with Gasteiger partial charge in [-0.2, -0.15) is 0 Å². The lowest BCUT2D eigenvalue weighted by Gasteiger charge is -2.17. The zero-order valence-electron chi connectivity index (χ0n) is 5.64. The van der Waals surface area contributed by atoms with Crippen LogP contribution in [0, 0.1) is 0 Å². The summed E-state index contributed by atoms with van der Waals surface area (Å²) in [5, 5.41) is 0. The van der Waals surface area contributed by atoms with Crippen molar-refractivity contribution in [2.75, 3.05) is 0 Å². The molecule has 2 nitrogen and oxygen atoms in total. The second-order valence-corrected chi connectivity index (χ2v) is 2.76. The van der Waals surface area contributed by atoms with E-state index in [-0.39, 0.29) is 0 Å². The number of hydrogen-bond acceptors (Lipinski definition) is 2. The maximum atomic E-state index is 5.67. The average molecular weight is 126 g/mol. The molecule has 1 rings (SSSR count). The Labute approximate surface area is 55.9 Å². The molecule has 9 heavy (non-hydrogen) atoms. The minimum atomic E-state index is -0.517. The van der Waals surface area contributed by atoms with Gasteiger partial charge >= 0.3 is 0 Å². The van der Waals surface area contributed by atoms with Crippen molar-refractivity contribution in [1.82, 2.24) is 0 Å². The van der Waals surface area contributed by atoms with Crippen LogP contribution in [-0.4, -0.2) is 5.66 Å². The summed E-state index contributed by atoms with van der Waals surface area (Å²) in [6.45, 7) is 0. The van der Waals surface area contributed by atoms with Gasteiger partial charge in [0.2, 0.25) is 0 Å². The lowest BCUT2D eigenvalue weighted by atomic mass is 10.1. The van der Waals surface area contributed by atoms with Gasteiger partial charge < -0.3 is 11.5 Å². The third kappa shape index (κ3) is 2.16. The standard InChI is InChI=1S/C7H14N2/c8-7(9)5-3-1-2-4-6-7/h3,5H,1-2,4,6,8-9H2. The molecule has 0 aromatic carbocycles. The molecule has 0 aromatic rings. The van der Waals surface area contributed by atoms with E-state index in [1.807, 2.05) is 6.08 Å². The van der Waals surface area contributed by atoms with E-state index in [1.165, 1.54) is 6.42 Å². The molecule has 52 valence electrons. The highest BCUT2D eigenvalue weighted by atomic mass is 14.9. The molecule has 0 spiro atoms. The Bertz CT molecular complexity index is 116. The van der Waals surface area contributed by atoms with Gasteiger partial charge in [0.1, 0.15) is 0 Å². The van der Waals surface area contributed by atoms with Crippen LogP contribution < -0.4 is 11.5 Å². The van der Waals surface area contributed by atoms with Crippen LogP contribution in [-0.2, 0) is 0 Å². The topological polar surface area (TPSA) is 52.0 Å². The van der Waals surface area contributed by atoms with Gasteiger partial charge in [0.25, 0.3) is 0 Å². The average Bonchev–Trinajstić information content (AvgIpc) is 1.92. The van der Waals surface area contributed by atoms with E-state index in [1.54, 1.807) is 0 Å². The first-order valence-electron chi connectivity index (χ1n) is 3.46. The van der Waals surface area contributed by atoms with E-state index >= 15 is 0 Å². The molecule has 2 heteroatoms. The Kier molecular flexibility index (Phi) is 1.88. The monoisotopic (exact) mass is 126 g/mol. The summed E-state index contributed by atoms with van der Waals surface area (Å²) in [5.74, 6) is 0. The second-order valence-electron chi connectivity index (χ2n) is 2.76. The molecule has 0 fully saturated rings. The fraction of sp³-hybridized carbons (Fsp3) is 0.714. The SMILES string of the molecule is NC1(N)C=CCCCC1. The van der Waals surface area contributed by atoms with Crippen LogP contribution in [0.1, 0.15) is 25.7 Å². The quantitative estimate of drug-likeness (QED) is 0.371. The third-order valence-electron chi connectivity index (χ3n) is 1.66. The van der Waals surface area contributed by atoms with Gasteiger partial charge in [-0.25, -0.2) is 0 Å². The number of nitrogens with two attached hydrogens (primary N) is 2. The van der Waals surface area contributed by atoms with E-state index in [4.69, 9.17) is 11.5 Å². The normalized spacial score (nSPS) is 25.6. The fourth-order valence-corrected chi connectivity index (χ4v) is 1.08. The highest BCUT2D eigenvalue weighted by Crippen LogP contribution is 2.13. The van der Waals surface area contributed by atoms with Gasteiger partial charge in [0, 0.05) is 0 Å². The van der Waals surface area contributed by atoms with E-state index in [9.17, 15) is 0 Å². The van der Waals surface area contributed by atoms with Crippen LogP contribution in [0.2, 0.25) is 0 Å². The van der Waals surface area contributed by atoms with Gasteiger partial charge in [0.05, 0.1) is 5.66 Å². The zero-order valence-corrected chi connectivity index (χ0v) is 5.64. The van der Waals surface area contributed by atoms with Gasteiger partial charge in [0.15, 0.2) is 0 Å². The van der Waals surface area contributed by atoms with Crippen molar-refractivity contribution in [1.29, 1.82) is 0 Å². The molecule has 0 unspecified atom stereocenters. The van der Waals surface area contributed by atoms with Crippen molar-refractivity contribution in [3.8, 4) is 0 Å². The van der Waals surface area contributed by atoms with Crippen LogP contribution in [0.5, 0.6) is 0 Å². The second kappa shape index (κ2) is 2.50. The minimum absolute atomic E-state index is 0.517. The van der Waals surface area contributed by atoms with Gasteiger partial charge in [-0.3, -0.25) is 0 Å². The van der Waals surface area contributed by atoms with Gasteiger partial charge in [-0.15, -0.1) is 0 Å². The summed E-state index contributed by atoms with van der Waals surface area (Å²) < 4.78 is 0. The Morgan fingerprint density at radius 1 is 1.22 bits per heavy atom. The molecule has 0 aliphatic heterocycles. The molecule has 0 atom stereocenters. The molecule has 0 bridgehead atoms. The first kappa shape index (κ1) is 6.78. The summed E-state index contributed by atoms with van der Waals surface area (Å²) in [4.78, 5) is 0. The van der Waals surface area contributed by atoms with Crippen molar-refractivity contribution in [3.05, 3.63) is 12.2 Å². The molecule has 0 saturated carbocycles. The molecule has 0 saturated heterocycles. The Hall–Kier alpha value is -0.340. The van der Waals surface area contributed by atoms with Gasteiger partial charge in [-0.05, 0) is 25.7 Å². The van der Waals surface area contributed by atoms with Crippen molar-refractivity contribution >= 4 is 0 Å². The summed E-state index contributed by atoms with van der Waals surface area (Å²) in [5.41, 5.74) is 10.8. The third-order valence-corrected chi connectivity index (χ3v) is 1.66. The molecule has 1 aliphatic rings. The van der Waals surface area contributed by atoms with Crippen molar-refractivity contribution in [3.63, 3.8) is 0 Å². The Morgan fingerprint density at radius 3 is 2.78 bits per heavy atom. The van der Waals surface area contributed by atoms with Crippen LogP contribution in [0.4, 0.5) is 0 Å². The molecule has 1 aliphatic carbocycles. The number of hydrogen-bond donors (Lipinski definition) is 2. The molecular weight excluding hydrogens is 112 g/mol. The smallest absolute Gasteiger partial charge is 0.0828 e. The first-order chi connectivity index (χ1) is 4.21. The van der Waals surface area contributed by atoms with E-state index < -0.39 is 5.66 Å². The van der Waals surface area contributed by atoms with E-state index in [0.717, 1.165) is 19.3 Å². The summed E-state index contributed by atoms with van der Waals surface area (Å²) >= 11 is 0. The molecule has 0 amide bonds. The minimum Gasteiger partial charge on any atom is -0.310 e. The predicted molar refractivity (Wildman–Crippen MR) is 38.7 cm³/mol. The zero-order chi connectivity index (χ0) is 6.74. The van der Waals surface area contributed by atoms with Crippen LogP contribution in [0.25, 0.3) is 0 Å². The van der Waals surface area contributed by atoms with E-state index in [0.29, 0.717) is 0 Å². The van der Waals surface area contributed by atoms with Gasteiger partial charge in [-0.1, -0.05) is 12.2 Å². The van der Waals surface area contributed by atoms with E-state index in [2.05, 4.69) is 6.08 Å². The lowest BCUT2D eigenvalue weighted by molar-refractivity contribution is 0.490. The summed E-state index contributed by atoms with van der Waals surface area (Å²) in [6, 6.07) is 0. The van der Waals surface area contributed by atoms with Crippen molar-refractivity contribution < 1.29 is 0 Å². The fourth-order valence-electron chi connectivity index (χ4n) is 1.08. The van der Waals surface area contributed by atoms with Crippen molar-refractivity contribution in [2.45, 2.75) is 31.3 Å². The van der Waals surface area contributed by atoms with Crippen molar-refractivity contribution in [2.24, 2.45) is 11.5 Å². The summed E-state index contributed by atoms with van der Waals surface area (Å²) in [7, 11) is 0. The summed E-state index contributed by atoms with van der Waals surface area (Å²) in [6.07, 6.45) is 8.43.